The minimum atomic E-state index is -4.63. The molecule has 0 unspecified atom stereocenters. The molecule has 8 nitrogen and oxygen atoms in total. The Bertz CT molecular complexity index is 1650. The summed E-state index contributed by atoms with van der Waals surface area (Å²) in [7, 11) is 1.34. The molecule has 39 heavy (non-hydrogen) atoms. The van der Waals surface area contributed by atoms with Crippen LogP contribution in [0.1, 0.15) is 39.8 Å². The van der Waals surface area contributed by atoms with Gasteiger partial charge in [-0.2, -0.15) is 13.2 Å². The van der Waals surface area contributed by atoms with Crippen LogP contribution in [-0.4, -0.2) is 28.0 Å². The van der Waals surface area contributed by atoms with Crippen molar-refractivity contribution in [1.29, 1.82) is 0 Å². The predicted molar refractivity (Wildman–Crippen MR) is 140 cm³/mol. The Morgan fingerprint density at radius 2 is 1.95 bits per heavy atom. The lowest BCUT2D eigenvalue weighted by Crippen LogP contribution is -2.25. The van der Waals surface area contributed by atoms with Gasteiger partial charge in [0.15, 0.2) is 11.5 Å². The highest BCUT2D eigenvalue weighted by atomic mass is 32.1. The van der Waals surface area contributed by atoms with Gasteiger partial charge in [-0.3, -0.25) is 9.78 Å². The third-order valence-corrected chi connectivity index (χ3v) is 6.95. The number of carbonyl (C=O) groups excluding carboxylic acids is 1. The molecule has 0 bridgehead atoms. The van der Waals surface area contributed by atoms with E-state index in [1.807, 2.05) is 30.3 Å². The number of pyridine rings is 2. The van der Waals surface area contributed by atoms with Gasteiger partial charge in [-0.1, -0.05) is 6.07 Å². The van der Waals surface area contributed by atoms with Crippen molar-refractivity contribution in [2.45, 2.75) is 25.7 Å². The van der Waals surface area contributed by atoms with E-state index in [4.69, 9.17) is 14.9 Å². The molecule has 5 aromatic rings. The van der Waals surface area contributed by atoms with Crippen LogP contribution in [0.2, 0.25) is 0 Å². The van der Waals surface area contributed by atoms with Crippen molar-refractivity contribution >= 4 is 28.1 Å². The van der Waals surface area contributed by atoms with E-state index in [-0.39, 0.29) is 35.2 Å². The van der Waals surface area contributed by atoms with Crippen molar-refractivity contribution < 1.29 is 27.1 Å². The average Bonchev–Trinajstić information content (AvgIpc) is 3.59. The number of amides is 1. The molecule has 1 aromatic carbocycles. The van der Waals surface area contributed by atoms with Gasteiger partial charge < -0.3 is 20.2 Å². The second-order valence-corrected chi connectivity index (χ2v) is 9.76. The number of thiophene rings is 1. The molecule has 4 heterocycles. The highest BCUT2D eigenvalue weighted by Gasteiger charge is 2.33. The number of nitrogens with one attached hydrogen (secondary N) is 1. The summed E-state index contributed by atoms with van der Waals surface area (Å²) in [6, 6.07) is 14.0. The molecule has 0 aliphatic heterocycles. The largest absolute Gasteiger partial charge is 0.494 e. The highest BCUT2D eigenvalue weighted by molar-refractivity contribution is 7.15. The Labute approximate surface area is 224 Å². The summed E-state index contributed by atoms with van der Waals surface area (Å²) in [5, 5.41) is 3.15. The summed E-state index contributed by atoms with van der Waals surface area (Å²) in [5.74, 6) is -0.180. The molecular weight excluding hydrogens is 531 g/mol. The zero-order chi connectivity index (χ0) is 27.7. The van der Waals surface area contributed by atoms with Crippen molar-refractivity contribution in [2.24, 2.45) is 5.73 Å². The Morgan fingerprint density at radius 1 is 1.13 bits per heavy atom. The zero-order valence-electron chi connectivity index (χ0n) is 20.7. The second-order valence-electron chi connectivity index (χ2n) is 8.59. The number of ether oxygens (including phenoxy) is 1. The number of carbonyl (C=O) groups is 1. The van der Waals surface area contributed by atoms with Gasteiger partial charge in [-0.05, 0) is 55.5 Å². The molecule has 3 N–H and O–H groups in total. The van der Waals surface area contributed by atoms with Gasteiger partial charge in [0.25, 0.3) is 5.91 Å². The van der Waals surface area contributed by atoms with Crippen LogP contribution in [-0.2, 0) is 12.7 Å². The maximum absolute atomic E-state index is 13.3. The first-order chi connectivity index (χ1) is 18.7. The molecule has 0 spiro atoms. The SMILES string of the molecule is COc1ccc(-c2nc(C(=O)NCc3ccc(-c4ccccn4)s3)c([C@H](C)N)o2)c2ccc(C(F)(F)F)nc12. The molecule has 0 aliphatic carbocycles. The molecule has 12 heteroatoms. The lowest BCUT2D eigenvalue weighted by molar-refractivity contribution is -0.140. The van der Waals surface area contributed by atoms with Gasteiger partial charge in [0.2, 0.25) is 5.89 Å². The lowest BCUT2D eigenvalue weighted by atomic mass is 10.1. The fraction of sp³-hybridized carbons (Fsp3) is 0.185. The van der Waals surface area contributed by atoms with E-state index >= 15 is 0 Å². The van der Waals surface area contributed by atoms with E-state index in [1.54, 1.807) is 19.2 Å². The van der Waals surface area contributed by atoms with E-state index in [2.05, 4.69) is 20.3 Å². The standard InChI is InChI=1S/C27H22F3N5O3S/c1-14(31)24-23(25(36)33-13-15-6-10-20(39-15)18-5-3-4-12-32-18)35-26(38-24)17-7-9-19(37-2)22-16(17)8-11-21(34-22)27(28,29)30/h3-12,14H,13,31H2,1-2H3,(H,33,36)/t14-/m0/s1. The number of nitrogens with two attached hydrogens (primary N) is 1. The predicted octanol–water partition coefficient (Wildman–Crippen LogP) is 5.99. The summed E-state index contributed by atoms with van der Waals surface area (Å²) in [6.45, 7) is 1.88. The van der Waals surface area contributed by atoms with Gasteiger partial charge >= 0.3 is 6.18 Å². The van der Waals surface area contributed by atoms with E-state index < -0.39 is 23.8 Å². The second kappa shape index (κ2) is 10.5. The first-order valence-corrected chi connectivity index (χ1v) is 12.6. The number of methoxy groups -OCH3 is 1. The van der Waals surface area contributed by atoms with Gasteiger partial charge in [-0.15, -0.1) is 11.3 Å². The molecule has 0 aliphatic rings. The fourth-order valence-electron chi connectivity index (χ4n) is 3.99. The van der Waals surface area contributed by atoms with E-state index in [0.717, 1.165) is 21.5 Å². The summed E-state index contributed by atoms with van der Waals surface area (Å²) in [6.07, 6.45) is -2.92. The third-order valence-electron chi connectivity index (χ3n) is 5.85. The lowest BCUT2D eigenvalue weighted by Gasteiger charge is -2.11. The van der Waals surface area contributed by atoms with E-state index in [0.29, 0.717) is 10.9 Å². The van der Waals surface area contributed by atoms with Crippen LogP contribution in [0.15, 0.2) is 65.2 Å². The number of nitrogens with zero attached hydrogens (tertiary/aromatic N) is 3. The van der Waals surface area contributed by atoms with Crippen molar-refractivity contribution in [3.63, 3.8) is 0 Å². The minimum absolute atomic E-state index is 0.00894. The van der Waals surface area contributed by atoms with Crippen LogP contribution in [0, 0.1) is 0 Å². The number of aromatic nitrogens is 3. The van der Waals surface area contributed by atoms with Crippen molar-refractivity contribution in [3.05, 3.63) is 82.8 Å². The highest BCUT2D eigenvalue weighted by Crippen LogP contribution is 2.37. The Hall–Kier alpha value is -4.29. The fourth-order valence-corrected chi connectivity index (χ4v) is 4.91. The van der Waals surface area contributed by atoms with Crippen LogP contribution < -0.4 is 15.8 Å². The number of halogens is 3. The van der Waals surface area contributed by atoms with Crippen molar-refractivity contribution in [3.8, 4) is 27.8 Å². The minimum Gasteiger partial charge on any atom is -0.494 e. The van der Waals surface area contributed by atoms with Gasteiger partial charge in [0.1, 0.15) is 17.0 Å². The van der Waals surface area contributed by atoms with E-state index in [1.165, 1.54) is 30.6 Å². The third kappa shape index (κ3) is 5.33. The van der Waals surface area contributed by atoms with Crippen LogP contribution in [0.5, 0.6) is 5.75 Å². The van der Waals surface area contributed by atoms with Crippen LogP contribution in [0.25, 0.3) is 32.9 Å². The molecular formula is C27H22F3N5O3S. The number of hydrogen-bond acceptors (Lipinski definition) is 8. The Balaban J connectivity index is 1.45. The van der Waals surface area contributed by atoms with Crippen LogP contribution >= 0.6 is 11.3 Å². The van der Waals surface area contributed by atoms with Crippen LogP contribution in [0.4, 0.5) is 13.2 Å². The molecule has 0 saturated carbocycles. The number of fused-ring (bicyclic) bond motifs is 1. The Morgan fingerprint density at radius 3 is 2.64 bits per heavy atom. The molecule has 1 atom stereocenters. The summed E-state index contributed by atoms with van der Waals surface area (Å²) in [4.78, 5) is 27.5. The first kappa shape index (κ1) is 26.3. The molecule has 0 saturated heterocycles. The first-order valence-electron chi connectivity index (χ1n) is 11.8. The van der Waals surface area contributed by atoms with E-state index in [9.17, 15) is 18.0 Å². The molecule has 5 rings (SSSR count). The number of hydrogen-bond donors (Lipinski definition) is 2. The maximum atomic E-state index is 13.3. The van der Waals surface area contributed by atoms with Gasteiger partial charge in [-0.25, -0.2) is 9.97 Å². The smallest absolute Gasteiger partial charge is 0.433 e. The van der Waals surface area contributed by atoms with Crippen molar-refractivity contribution in [1.82, 2.24) is 20.3 Å². The molecule has 4 aromatic heterocycles. The number of oxazole rings is 1. The Kier molecular flexibility index (Phi) is 7.06. The quantitative estimate of drug-likeness (QED) is 0.254. The number of alkyl halides is 3. The van der Waals surface area contributed by atoms with Gasteiger partial charge in [0.05, 0.1) is 30.3 Å². The summed E-state index contributed by atoms with van der Waals surface area (Å²) in [5.41, 5.74) is 6.16. The molecule has 0 radical (unpaired) electrons. The monoisotopic (exact) mass is 553 g/mol. The number of benzene rings is 1. The zero-order valence-corrected chi connectivity index (χ0v) is 21.6. The topological polar surface area (TPSA) is 116 Å². The van der Waals surface area contributed by atoms with Crippen molar-refractivity contribution in [2.75, 3.05) is 7.11 Å². The summed E-state index contributed by atoms with van der Waals surface area (Å²) < 4.78 is 51.0. The normalized spacial score (nSPS) is 12.5. The molecule has 1 amide bonds. The summed E-state index contributed by atoms with van der Waals surface area (Å²) >= 11 is 1.50. The molecule has 200 valence electrons. The average molecular weight is 554 g/mol. The molecule has 0 fully saturated rings. The maximum Gasteiger partial charge on any atom is 0.433 e. The number of rotatable bonds is 7. The van der Waals surface area contributed by atoms with Gasteiger partial charge in [0, 0.05) is 22.0 Å². The van der Waals surface area contributed by atoms with Crippen LogP contribution in [0.3, 0.4) is 0 Å².